The van der Waals surface area contributed by atoms with Gasteiger partial charge in [0.1, 0.15) is 6.04 Å². The van der Waals surface area contributed by atoms with E-state index < -0.39 is 29.7 Å². The fourth-order valence-electron chi connectivity index (χ4n) is 2.82. The number of carbonyl (C=O) groups is 2. The number of amides is 1. The minimum Gasteiger partial charge on any atom is -0.480 e. The Morgan fingerprint density at radius 2 is 1.38 bits per heavy atom. The number of alkyl halides is 3. The highest BCUT2D eigenvalue weighted by Crippen LogP contribution is 2.29. The van der Waals surface area contributed by atoms with Gasteiger partial charge in [0, 0.05) is 6.42 Å². The Kier molecular flexibility index (Phi) is 6.72. The number of hydrogen-bond donors (Lipinski definition) is 2. The summed E-state index contributed by atoms with van der Waals surface area (Å²) in [5.41, 5.74) is 1.42. The maximum absolute atomic E-state index is 12.6. The Balaban J connectivity index is 2.01. The van der Waals surface area contributed by atoms with Crippen molar-refractivity contribution in [2.75, 3.05) is 0 Å². The number of carboxylic acid groups (broad SMARTS) is 1. The highest BCUT2D eigenvalue weighted by Gasteiger charge is 2.30. The molecule has 2 N–H and O–H groups in total. The van der Waals surface area contributed by atoms with Crippen molar-refractivity contribution >= 4 is 11.9 Å². The first-order valence-electron chi connectivity index (χ1n) is 9.14. The van der Waals surface area contributed by atoms with Gasteiger partial charge in [-0.1, -0.05) is 57.2 Å². The molecule has 0 aromatic heterocycles. The first kappa shape index (κ1) is 22.5. The SMILES string of the molecule is CC(C)(C)c1ccc(C[C@H](NC(=O)Cc2ccc(C(F)(F)F)cc2)C(=O)O)cc1. The van der Waals surface area contributed by atoms with E-state index in [1.165, 1.54) is 12.1 Å². The van der Waals surface area contributed by atoms with E-state index in [4.69, 9.17) is 0 Å². The molecule has 2 aromatic carbocycles. The molecule has 7 heteroatoms. The Bertz CT molecular complexity index is 851. The highest BCUT2D eigenvalue weighted by atomic mass is 19.4. The van der Waals surface area contributed by atoms with E-state index >= 15 is 0 Å². The zero-order valence-electron chi connectivity index (χ0n) is 16.5. The van der Waals surface area contributed by atoms with Gasteiger partial charge in [0.05, 0.1) is 12.0 Å². The molecule has 0 fully saturated rings. The van der Waals surface area contributed by atoms with Crippen molar-refractivity contribution in [2.24, 2.45) is 0 Å². The van der Waals surface area contributed by atoms with Crippen LogP contribution in [0.3, 0.4) is 0 Å². The average molecular weight is 407 g/mol. The molecule has 0 aliphatic carbocycles. The van der Waals surface area contributed by atoms with E-state index in [1.54, 1.807) is 0 Å². The molecule has 0 bridgehead atoms. The van der Waals surface area contributed by atoms with Gasteiger partial charge in [0.2, 0.25) is 5.91 Å². The van der Waals surface area contributed by atoms with E-state index in [9.17, 15) is 27.9 Å². The van der Waals surface area contributed by atoms with Crippen molar-refractivity contribution in [3.05, 3.63) is 70.8 Å². The maximum atomic E-state index is 12.6. The molecule has 0 radical (unpaired) electrons. The minimum atomic E-state index is -4.45. The predicted octanol–water partition coefficient (Wildman–Crippen LogP) is 4.36. The molecule has 0 saturated carbocycles. The van der Waals surface area contributed by atoms with E-state index in [0.29, 0.717) is 5.56 Å². The van der Waals surface area contributed by atoms with Crippen LogP contribution in [-0.2, 0) is 34.0 Å². The fraction of sp³-hybridized carbons (Fsp3) is 0.364. The van der Waals surface area contributed by atoms with Crippen molar-refractivity contribution in [2.45, 2.75) is 51.2 Å². The number of nitrogens with one attached hydrogen (secondary N) is 1. The molecular weight excluding hydrogens is 383 g/mol. The molecule has 0 heterocycles. The number of benzene rings is 2. The zero-order valence-corrected chi connectivity index (χ0v) is 16.5. The third-order valence-corrected chi connectivity index (χ3v) is 4.54. The summed E-state index contributed by atoms with van der Waals surface area (Å²) in [7, 11) is 0. The molecule has 0 saturated heterocycles. The van der Waals surface area contributed by atoms with Gasteiger partial charge >= 0.3 is 12.1 Å². The van der Waals surface area contributed by atoms with E-state index in [-0.39, 0.29) is 18.3 Å². The first-order valence-corrected chi connectivity index (χ1v) is 9.14. The molecule has 0 aliphatic heterocycles. The predicted molar refractivity (Wildman–Crippen MR) is 104 cm³/mol. The molecule has 0 aliphatic rings. The second-order valence-electron chi connectivity index (χ2n) is 7.98. The second kappa shape index (κ2) is 8.68. The van der Waals surface area contributed by atoms with Gasteiger partial charge in [-0.15, -0.1) is 0 Å². The molecule has 0 unspecified atom stereocenters. The van der Waals surface area contributed by atoms with Crippen molar-refractivity contribution in [3.63, 3.8) is 0 Å². The zero-order chi connectivity index (χ0) is 21.8. The van der Waals surface area contributed by atoms with Crippen LogP contribution in [0.15, 0.2) is 48.5 Å². The molecule has 156 valence electrons. The largest absolute Gasteiger partial charge is 0.480 e. The van der Waals surface area contributed by atoms with Gasteiger partial charge in [-0.05, 0) is 34.2 Å². The van der Waals surface area contributed by atoms with Crippen LogP contribution in [0.4, 0.5) is 13.2 Å². The Hall–Kier alpha value is -2.83. The van der Waals surface area contributed by atoms with E-state index in [1.807, 2.05) is 24.3 Å². The smallest absolute Gasteiger partial charge is 0.416 e. The third-order valence-electron chi connectivity index (χ3n) is 4.54. The molecular formula is C22H24F3NO3. The van der Waals surface area contributed by atoms with Gasteiger partial charge in [0.15, 0.2) is 0 Å². The third kappa shape index (κ3) is 6.62. The molecule has 1 amide bonds. The highest BCUT2D eigenvalue weighted by molar-refractivity contribution is 5.85. The van der Waals surface area contributed by atoms with Gasteiger partial charge in [0.25, 0.3) is 0 Å². The summed E-state index contributed by atoms with van der Waals surface area (Å²) in [6.07, 6.45) is -4.54. The van der Waals surface area contributed by atoms with Crippen LogP contribution in [0, 0.1) is 0 Å². The number of aliphatic carboxylic acids is 1. The van der Waals surface area contributed by atoms with Crippen molar-refractivity contribution < 1.29 is 27.9 Å². The lowest BCUT2D eigenvalue weighted by atomic mass is 9.86. The fourth-order valence-corrected chi connectivity index (χ4v) is 2.82. The van der Waals surface area contributed by atoms with Crippen LogP contribution in [0.2, 0.25) is 0 Å². The van der Waals surface area contributed by atoms with Crippen LogP contribution < -0.4 is 5.32 Å². The van der Waals surface area contributed by atoms with Gasteiger partial charge in [-0.2, -0.15) is 13.2 Å². The van der Waals surface area contributed by atoms with Crippen LogP contribution in [-0.4, -0.2) is 23.0 Å². The Morgan fingerprint density at radius 3 is 1.83 bits per heavy atom. The summed E-state index contributed by atoms with van der Waals surface area (Å²) in [6.45, 7) is 6.22. The van der Waals surface area contributed by atoms with Crippen molar-refractivity contribution in [1.82, 2.24) is 5.32 Å². The molecule has 2 aromatic rings. The van der Waals surface area contributed by atoms with Crippen molar-refractivity contribution in [3.8, 4) is 0 Å². The monoisotopic (exact) mass is 407 g/mol. The number of halogens is 3. The maximum Gasteiger partial charge on any atom is 0.416 e. The van der Waals surface area contributed by atoms with E-state index in [0.717, 1.165) is 23.3 Å². The Labute approximate surface area is 167 Å². The van der Waals surface area contributed by atoms with Gasteiger partial charge in [-0.3, -0.25) is 4.79 Å². The standard InChI is InChI=1S/C22H24F3NO3/c1-21(2,3)16-8-4-14(5-9-16)12-18(20(28)29)26-19(27)13-15-6-10-17(11-7-15)22(23,24)25/h4-11,18H,12-13H2,1-3H3,(H,26,27)(H,28,29)/t18-/m0/s1. The lowest BCUT2D eigenvalue weighted by molar-refractivity contribution is -0.141. The lowest BCUT2D eigenvalue weighted by Gasteiger charge is -2.20. The number of rotatable bonds is 6. The molecule has 2 rings (SSSR count). The number of carboxylic acids is 1. The second-order valence-corrected chi connectivity index (χ2v) is 7.98. The average Bonchev–Trinajstić information content (AvgIpc) is 2.60. The quantitative estimate of drug-likeness (QED) is 0.748. The molecule has 0 spiro atoms. The normalized spacial score (nSPS) is 13.0. The number of carbonyl (C=O) groups excluding carboxylic acids is 1. The lowest BCUT2D eigenvalue weighted by Crippen LogP contribution is -2.43. The summed E-state index contributed by atoms with van der Waals surface area (Å²) < 4.78 is 37.8. The summed E-state index contributed by atoms with van der Waals surface area (Å²) in [6, 6.07) is 10.6. The summed E-state index contributed by atoms with van der Waals surface area (Å²) in [5, 5.41) is 11.9. The van der Waals surface area contributed by atoms with Crippen LogP contribution in [0.1, 0.15) is 43.0 Å². The van der Waals surface area contributed by atoms with Gasteiger partial charge < -0.3 is 10.4 Å². The van der Waals surface area contributed by atoms with Crippen LogP contribution in [0.25, 0.3) is 0 Å². The molecule has 1 atom stereocenters. The molecule has 29 heavy (non-hydrogen) atoms. The van der Waals surface area contributed by atoms with E-state index in [2.05, 4.69) is 26.1 Å². The number of hydrogen-bond acceptors (Lipinski definition) is 2. The van der Waals surface area contributed by atoms with Crippen LogP contribution in [0.5, 0.6) is 0 Å². The van der Waals surface area contributed by atoms with Crippen molar-refractivity contribution in [1.29, 1.82) is 0 Å². The Morgan fingerprint density at radius 1 is 0.897 bits per heavy atom. The molecule has 4 nitrogen and oxygen atoms in total. The topological polar surface area (TPSA) is 66.4 Å². The first-order chi connectivity index (χ1) is 13.4. The van der Waals surface area contributed by atoms with Crippen LogP contribution >= 0.6 is 0 Å². The summed E-state index contributed by atoms with van der Waals surface area (Å²) >= 11 is 0. The minimum absolute atomic E-state index is 0.0272. The summed E-state index contributed by atoms with van der Waals surface area (Å²) in [4.78, 5) is 23.7. The summed E-state index contributed by atoms with van der Waals surface area (Å²) in [5.74, 6) is -1.74. The van der Waals surface area contributed by atoms with Gasteiger partial charge in [-0.25, -0.2) is 4.79 Å².